The van der Waals surface area contributed by atoms with Gasteiger partial charge < -0.3 is 20.1 Å². The lowest BCUT2D eigenvalue weighted by Gasteiger charge is -2.27. The van der Waals surface area contributed by atoms with E-state index in [0.717, 1.165) is 11.3 Å². The van der Waals surface area contributed by atoms with Crippen LogP contribution in [0.1, 0.15) is 60.1 Å². The number of carbonyl (C=O) groups excluding carboxylic acids is 1. The summed E-state index contributed by atoms with van der Waals surface area (Å²) in [6.07, 6.45) is 0. The van der Waals surface area contributed by atoms with Crippen LogP contribution in [-0.2, 0) is 0 Å². The molecule has 5 heteroatoms. The molecule has 24 heavy (non-hydrogen) atoms. The van der Waals surface area contributed by atoms with E-state index in [9.17, 15) is 4.79 Å². The highest BCUT2D eigenvalue weighted by atomic mass is 16.5. The maximum Gasteiger partial charge on any atom is 0.315 e. The number of urea groups is 1. The molecule has 0 radical (unpaired) electrons. The zero-order valence-corrected chi connectivity index (χ0v) is 16.0. The highest BCUT2D eigenvalue weighted by Crippen LogP contribution is 2.32. The highest BCUT2D eigenvalue weighted by Gasteiger charge is 2.22. The number of ether oxygens (including phenoxy) is 2. The molecule has 0 aromatic heterocycles. The van der Waals surface area contributed by atoms with Crippen LogP contribution >= 0.6 is 0 Å². The molecule has 0 saturated carbocycles. The second-order valence-electron chi connectivity index (χ2n) is 7.14. The van der Waals surface area contributed by atoms with E-state index in [4.69, 9.17) is 9.47 Å². The molecule has 0 bridgehead atoms. The van der Waals surface area contributed by atoms with Crippen LogP contribution in [0, 0.1) is 5.92 Å². The Morgan fingerprint density at radius 1 is 1.08 bits per heavy atom. The second-order valence-corrected chi connectivity index (χ2v) is 7.14. The van der Waals surface area contributed by atoms with Crippen molar-refractivity contribution in [1.29, 1.82) is 0 Å². The average molecular weight is 336 g/mol. The van der Waals surface area contributed by atoms with E-state index >= 15 is 0 Å². The normalized spacial score (nSPS) is 12.7. The molecule has 0 heterocycles. The first kappa shape index (κ1) is 20.1. The van der Waals surface area contributed by atoms with Gasteiger partial charge in [-0.2, -0.15) is 0 Å². The average Bonchev–Trinajstić information content (AvgIpc) is 2.45. The lowest BCUT2D eigenvalue weighted by atomic mass is 9.95. The lowest BCUT2D eigenvalue weighted by Crippen LogP contribution is -2.48. The van der Waals surface area contributed by atoms with Gasteiger partial charge in [0.2, 0.25) is 0 Å². The van der Waals surface area contributed by atoms with E-state index in [1.54, 1.807) is 0 Å². The third-order valence-electron chi connectivity index (χ3n) is 3.37. The van der Waals surface area contributed by atoms with Gasteiger partial charge >= 0.3 is 6.03 Å². The van der Waals surface area contributed by atoms with E-state index in [-0.39, 0.29) is 23.5 Å². The molecular formula is C19H32N2O3. The third-order valence-corrected chi connectivity index (χ3v) is 3.37. The predicted molar refractivity (Wildman–Crippen MR) is 97.8 cm³/mol. The molecule has 136 valence electrons. The fourth-order valence-electron chi connectivity index (χ4n) is 2.41. The van der Waals surface area contributed by atoms with Gasteiger partial charge in [-0.3, -0.25) is 0 Å². The van der Waals surface area contributed by atoms with Crippen molar-refractivity contribution in [2.75, 3.05) is 13.2 Å². The Hall–Kier alpha value is -1.91. The SMILES string of the molecule is CCOc1ccc(C(NC(=O)NC(C)(C)C)C(C)C)cc1OCC. The number of hydrogen-bond acceptors (Lipinski definition) is 3. The van der Waals surface area contributed by atoms with Crippen LogP contribution in [0.3, 0.4) is 0 Å². The van der Waals surface area contributed by atoms with Gasteiger partial charge in [-0.1, -0.05) is 19.9 Å². The summed E-state index contributed by atoms with van der Waals surface area (Å²) in [6, 6.07) is 5.56. The second kappa shape index (κ2) is 8.81. The number of benzene rings is 1. The first-order chi connectivity index (χ1) is 11.2. The Kier molecular flexibility index (Phi) is 7.39. The van der Waals surface area contributed by atoms with E-state index in [2.05, 4.69) is 24.5 Å². The Labute approximate surface area is 146 Å². The number of nitrogens with one attached hydrogen (secondary N) is 2. The van der Waals surface area contributed by atoms with E-state index in [1.807, 2.05) is 52.8 Å². The molecule has 2 amide bonds. The Morgan fingerprint density at radius 2 is 1.67 bits per heavy atom. The van der Waals surface area contributed by atoms with Crippen LogP contribution in [0.2, 0.25) is 0 Å². The Balaban J connectivity index is 3.03. The fraction of sp³-hybridized carbons (Fsp3) is 0.632. The highest BCUT2D eigenvalue weighted by molar-refractivity contribution is 5.75. The van der Waals surface area contributed by atoms with Gasteiger partial charge in [0.05, 0.1) is 19.3 Å². The van der Waals surface area contributed by atoms with Gasteiger partial charge in [0.1, 0.15) is 0 Å². The molecule has 1 aromatic carbocycles. The molecule has 1 aromatic rings. The van der Waals surface area contributed by atoms with Gasteiger partial charge in [-0.05, 0) is 58.2 Å². The number of rotatable bonds is 7. The van der Waals surface area contributed by atoms with Crippen molar-refractivity contribution < 1.29 is 14.3 Å². The minimum Gasteiger partial charge on any atom is -0.490 e. The zero-order valence-electron chi connectivity index (χ0n) is 16.0. The Bertz CT molecular complexity index is 536. The molecule has 1 atom stereocenters. The van der Waals surface area contributed by atoms with Crippen molar-refractivity contribution in [3.8, 4) is 11.5 Å². The Morgan fingerprint density at radius 3 is 2.17 bits per heavy atom. The van der Waals surface area contributed by atoms with Crippen molar-refractivity contribution in [2.45, 2.75) is 60.0 Å². The molecule has 2 N–H and O–H groups in total. The van der Waals surface area contributed by atoms with Crippen molar-refractivity contribution in [3.05, 3.63) is 23.8 Å². The van der Waals surface area contributed by atoms with Crippen molar-refractivity contribution in [2.24, 2.45) is 5.92 Å². The van der Waals surface area contributed by atoms with E-state index < -0.39 is 0 Å². The first-order valence-electron chi connectivity index (χ1n) is 8.66. The van der Waals surface area contributed by atoms with Crippen molar-refractivity contribution in [1.82, 2.24) is 10.6 Å². The molecule has 1 rings (SSSR count). The summed E-state index contributed by atoms with van der Waals surface area (Å²) >= 11 is 0. The van der Waals surface area contributed by atoms with Crippen LogP contribution in [0.25, 0.3) is 0 Å². The molecule has 0 spiro atoms. The van der Waals surface area contributed by atoms with Crippen molar-refractivity contribution in [3.63, 3.8) is 0 Å². The molecule has 0 fully saturated rings. The van der Waals surface area contributed by atoms with Crippen LogP contribution < -0.4 is 20.1 Å². The van der Waals surface area contributed by atoms with E-state index in [0.29, 0.717) is 19.0 Å². The molecule has 0 aliphatic carbocycles. The van der Waals surface area contributed by atoms with Gasteiger partial charge in [0.15, 0.2) is 11.5 Å². The smallest absolute Gasteiger partial charge is 0.315 e. The monoisotopic (exact) mass is 336 g/mol. The van der Waals surface area contributed by atoms with Gasteiger partial charge in [-0.25, -0.2) is 4.79 Å². The van der Waals surface area contributed by atoms with Crippen LogP contribution in [-0.4, -0.2) is 24.8 Å². The minimum atomic E-state index is -0.277. The molecule has 1 unspecified atom stereocenters. The summed E-state index contributed by atoms with van der Waals surface area (Å²) < 4.78 is 11.3. The summed E-state index contributed by atoms with van der Waals surface area (Å²) in [5.74, 6) is 1.67. The minimum absolute atomic E-state index is 0.109. The summed E-state index contributed by atoms with van der Waals surface area (Å²) in [5.41, 5.74) is 0.724. The van der Waals surface area contributed by atoms with Crippen molar-refractivity contribution >= 4 is 6.03 Å². The number of amides is 2. The standard InChI is InChI=1S/C19H32N2O3/c1-8-23-15-11-10-14(12-16(15)24-9-2)17(13(3)4)20-18(22)21-19(5,6)7/h10-13,17H,8-9H2,1-7H3,(H2,20,21,22). The van der Waals surface area contributed by atoms with Gasteiger partial charge in [0, 0.05) is 5.54 Å². The fourth-order valence-corrected chi connectivity index (χ4v) is 2.41. The molecular weight excluding hydrogens is 304 g/mol. The van der Waals surface area contributed by atoms with Crippen LogP contribution in [0.15, 0.2) is 18.2 Å². The number of carbonyl (C=O) groups is 1. The topological polar surface area (TPSA) is 59.6 Å². The maximum atomic E-state index is 12.2. The summed E-state index contributed by atoms with van der Waals surface area (Å²) in [6.45, 7) is 15.1. The third kappa shape index (κ3) is 6.30. The summed E-state index contributed by atoms with van der Waals surface area (Å²) in [7, 11) is 0. The van der Waals surface area contributed by atoms with Crippen LogP contribution in [0.4, 0.5) is 4.79 Å². The summed E-state index contributed by atoms with van der Waals surface area (Å²) in [5, 5.41) is 6.00. The van der Waals surface area contributed by atoms with Crippen LogP contribution in [0.5, 0.6) is 11.5 Å². The first-order valence-corrected chi connectivity index (χ1v) is 8.66. The van der Waals surface area contributed by atoms with Gasteiger partial charge in [0.25, 0.3) is 0 Å². The molecule has 0 saturated heterocycles. The lowest BCUT2D eigenvalue weighted by molar-refractivity contribution is 0.224. The van der Waals surface area contributed by atoms with E-state index in [1.165, 1.54) is 0 Å². The zero-order chi connectivity index (χ0) is 18.3. The maximum absolute atomic E-state index is 12.2. The van der Waals surface area contributed by atoms with Gasteiger partial charge in [-0.15, -0.1) is 0 Å². The summed E-state index contributed by atoms with van der Waals surface area (Å²) in [4.78, 5) is 12.2. The quantitative estimate of drug-likeness (QED) is 0.781. The molecule has 0 aliphatic rings. The number of hydrogen-bond donors (Lipinski definition) is 2. The molecule has 0 aliphatic heterocycles. The largest absolute Gasteiger partial charge is 0.490 e. The predicted octanol–water partition coefficient (Wildman–Crippen LogP) is 4.28. The molecule has 5 nitrogen and oxygen atoms in total.